The smallest absolute Gasteiger partial charge is 0.271 e. The van der Waals surface area contributed by atoms with Crippen LogP contribution in [0.15, 0.2) is 72.8 Å². The Morgan fingerprint density at radius 1 is 1.06 bits per heavy atom. The topological polar surface area (TPSA) is 125 Å². The molecule has 0 bridgehead atoms. The predicted molar refractivity (Wildman–Crippen MR) is 118 cm³/mol. The number of nitro benzene ring substituents is 1. The molecule has 0 saturated carbocycles. The highest BCUT2D eigenvalue weighted by Crippen LogP contribution is 2.36. The molecule has 0 unspecified atom stereocenters. The Balaban J connectivity index is 1.57. The zero-order valence-electron chi connectivity index (χ0n) is 16.7. The van der Waals surface area contributed by atoms with Crippen LogP contribution in [0.2, 0.25) is 0 Å². The monoisotopic (exact) mass is 427 g/mol. The molecule has 0 spiro atoms. The first-order valence-electron chi connectivity index (χ1n) is 9.79. The summed E-state index contributed by atoms with van der Waals surface area (Å²) in [6.45, 7) is 0.391. The van der Waals surface area contributed by atoms with E-state index in [1.54, 1.807) is 30.3 Å². The number of aromatic nitrogens is 2. The zero-order valence-corrected chi connectivity index (χ0v) is 16.7. The summed E-state index contributed by atoms with van der Waals surface area (Å²) in [6.07, 6.45) is 0. The number of nitro groups is 1. The van der Waals surface area contributed by atoms with E-state index >= 15 is 0 Å². The molecule has 1 amide bonds. The first-order valence-corrected chi connectivity index (χ1v) is 9.79. The number of hydrogen-bond donors (Lipinski definition) is 2. The van der Waals surface area contributed by atoms with E-state index in [1.165, 1.54) is 16.8 Å². The second kappa shape index (κ2) is 7.55. The van der Waals surface area contributed by atoms with Gasteiger partial charge in [0, 0.05) is 24.2 Å². The van der Waals surface area contributed by atoms with Gasteiger partial charge in [0.15, 0.2) is 0 Å². The van der Waals surface area contributed by atoms with E-state index in [-0.39, 0.29) is 11.3 Å². The van der Waals surface area contributed by atoms with Crippen molar-refractivity contribution >= 4 is 17.4 Å². The van der Waals surface area contributed by atoms with E-state index in [4.69, 9.17) is 10.5 Å². The number of amides is 1. The maximum absolute atomic E-state index is 12.3. The molecule has 5 rings (SSSR count). The van der Waals surface area contributed by atoms with Crippen LogP contribution < -0.4 is 15.8 Å². The van der Waals surface area contributed by atoms with Crippen molar-refractivity contribution in [2.45, 2.75) is 6.54 Å². The number of fused-ring (bicyclic) bond motifs is 3. The minimum atomic E-state index is -0.646. The second-order valence-corrected chi connectivity index (χ2v) is 7.21. The van der Waals surface area contributed by atoms with E-state index in [9.17, 15) is 14.9 Å². The Morgan fingerprint density at radius 2 is 1.78 bits per heavy atom. The molecule has 0 saturated heterocycles. The average Bonchev–Trinajstić information content (AvgIpc) is 3.20. The summed E-state index contributed by atoms with van der Waals surface area (Å²) in [6, 6.07) is 21.1. The number of nitrogens with zero attached hydrogens (tertiary/aromatic N) is 3. The number of carbonyl (C=O) groups is 1. The molecule has 4 aromatic rings. The van der Waals surface area contributed by atoms with E-state index in [0.29, 0.717) is 40.8 Å². The van der Waals surface area contributed by atoms with Gasteiger partial charge in [0.2, 0.25) is 0 Å². The number of hydrogen-bond acceptors (Lipinski definition) is 6. The highest BCUT2D eigenvalue weighted by molar-refractivity contribution is 6.04. The Hall–Kier alpha value is -4.66. The number of anilines is 1. The van der Waals surface area contributed by atoms with Gasteiger partial charge in [0.1, 0.15) is 28.6 Å². The lowest BCUT2D eigenvalue weighted by Gasteiger charge is -2.19. The summed E-state index contributed by atoms with van der Waals surface area (Å²) in [4.78, 5) is 23.1. The molecular weight excluding hydrogens is 410 g/mol. The number of ether oxygens (including phenoxy) is 1. The molecular formula is C23H17N5O4. The van der Waals surface area contributed by atoms with E-state index in [0.717, 1.165) is 5.56 Å². The van der Waals surface area contributed by atoms with Crippen LogP contribution in [0.3, 0.4) is 0 Å². The van der Waals surface area contributed by atoms with Crippen LogP contribution >= 0.6 is 0 Å². The van der Waals surface area contributed by atoms with Crippen molar-refractivity contribution < 1.29 is 14.5 Å². The molecule has 1 aliphatic rings. The largest absolute Gasteiger partial charge is 0.457 e. The van der Waals surface area contributed by atoms with Gasteiger partial charge < -0.3 is 15.8 Å². The molecule has 32 heavy (non-hydrogen) atoms. The minimum absolute atomic E-state index is 0.0586. The molecule has 3 aromatic carbocycles. The van der Waals surface area contributed by atoms with Gasteiger partial charge in [-0.05, 0) is 48.0 Å². The molecule has 0 fully saturated rings. The first kappa shape index (κ1) is 19.3. The maximum atomic E-state index is 12.3. The van der Waals surface area contributed by atoms with Crippen molar-refractivity contribution in [3.05, 3.63) is 94.0 Å². The van der Waals surface area contributed by atoms with Gasteiger partial charge in [-0.1, -0.05) is 18.2 Å². The third-order valence-electron chi connectivity index (χ3n) is 5.19. The quantitative estimate of drug-likeness (QED) is 0.362. The maximum Gasteiger partial charge on any atom is 0.271 e. The third kappa shape index (κ3) is 3.31. The van der Waals surface area contributed by atoms with Crippen molar-refractivity contribution in [1.82, 2.24) is 9.78 Å². The zero-order chi connectivity index (χ0) is 22.2. The van der Waals surface area contributed by atoms with Crippen LogP contribution in [0.1, 0.15) is 15.9 Å². The Morgan fingerprint density at radius 3 is 2.47 bits per heavy atom. The SMILES string of the molecule is NC(=O)c1c(-c2ccc(Oc3ccccc3)cc2)nn2c1NCc1ccc([N+](=O)[O-])cc1-2. The molecule has 2 heterocycles. The fourth-order valence-electron chi connectivity index (χ4n) is 3.69. The van der Waals surface area contributed by atoms with Crippen LogP contribution in [-0.4, -0.2) is 20.6 Å². The number of para-hydroxylation sites is 1. The summed E-state index contributed by atoms with van der Waals surface area (Å²) >= 11 is 0. The summed E-state index contributed by atoms with van der Waals surface area (Å²) in [5.41, 5.74) is 8.24. The molecule has 9 nitrogen and oxygen atoms in total. The summed E-state index contributed by atoms with van der Waals surface area (Å²) < 4.78 is 7.31. The highest BCUT2D eigenvalue weighted by atomic mass is 16.6. The fraction of sp³-hybridized carbons (Fsp3) is 0.0435. The number of non-ortho nitro benzene ring substituents is 1. The number of carbonyl (C=O) groups excluding carboxylic acids is 1. The van der Waals surface area contributed by atoms with Crippen LogP contribution in [0.25, 0.3) is 16.9 Å². The molecule has 1 aliphatic heterocycles. The standard InChI is InChI=1S/C23H17N5O4/c24-22(29)20-21(14-7-10-18(11-8-14)32-17-4-2-1-3-5-17)26-27-19-12-16(28(30)31)9-6-15(19)13-25-23(20)27/h1-12,25H,13H2,(H2,24,29). The van der Waals surface area contributed by atoms with Gasteiger partial charge in [-0.2, -0.15) is 5.10 Å². The van der Waals surface area contributed by atoms with Gasteiger partial charge in [0.25, 0.3) is 11.6 Å². The van der Waals surface area contributed by atoms with E-state index in [1.807, 2.05) is 30.3 Å². The molecule has 9 heteroatoms. The lowest BCUT2D eigenvalue weighted by Crippen LogP contribution is -2.19. The lowest BCUT2D eigenvalue weighted by atomic mass is 10.1. The number of primary amides is 1. The Bertz CT molecular complexity index is 1350. The van der Waals surface area contributed by atoms with Gasteiger partial charge in [-0.25, -0.2) is 4.68 Å². The third-order valence-corrected chi connectivity index (χ3v) is 5.19. The second-order valence-electron chi connectivity index (χ2n) is 7.21. The van der Waals surface area contributed by atoms with Crippen molar-refractivity contribution in [2.24, 2.45) is 5.73 Å². The highest BCUT2D eigenvalue weighted by Gasteiger charge is 2.28. The van der Waals surface area contributed by atoms with Gasteiger partial charge in [-0.15, -0.1) is 0 Å². The van der Waals surface area contributed by atoms with Crippen LogP contribution in [0.4, 0.5) is 11.5 Å². The van der Waals surface area contributed by atoms with E-state index in [2.05, 4.69) is 10.4 Å². The molecule has 0 atom stereocenters. The number of nitrogens with one attached hydrogen (secondary N) is 1. The molecule has 0 aliphatic carbocycles. The normalized spacial score (nSPS) is 11.8. The van der Waals surface area contributed by atoms with Crippen LogP contribution in [0, 0.1) is 10.1 Å². The van der Waals surface area contributed by atoms with Crippen LogP contribution in [-0.2, 0) is 6.54 Å². The van der Waals surface area contributed by atoms with Gasteiger partial charge in [0.05, 0.1) is 10.6 Å². The van der Waals surface area contributed by atoms with Crippen LogP contribution in [0.5, 0.6) is 11.5 Å². The fourth-order valence-corrected chi connectivity index (χ4v) is 3.69. The van der Waals surface area contributed by atoms with Gasteiger partial charge >= 0.3 is 0 Å². The Kier molecular flexibility index (Phi) is 4.55. The minimum Gasteiger partial charge on any atom is -0.457 e. The molecule has 0 radical (unpaired) electrons. The first-order chi connectivity index (χ1) is 15.5. The number of nitrogens with two attached hydrogens (primary N) is 1. The van der Waals surface area contributed by atoms with Crippen molar-refractivity contribution in [3.8, 4) is 28.4 Å². The lowest BCUT2D eigenvalue weighted by molar-refractivity contribution is -0.384. The summed E-state index contributed by atoms with van der Waals surface area (Å²) in [5.74, 6) is 1.10. The predicted octanol–water partition coefficient (Wildman–Crippen LogP) is 4.26. The van der Waals surface area contributed by atoms with Crippen molar-refractivity contribution in [3.63, 3.8) is 0 Å². The average molecular weight is 427 g/mol. The summed E-state index contributed by atoms with van der Waals surface area (Å²) in [7, 11) is 0. The van der Waals surface area contributed by atoms with E-state index < -0.39 is 10.8 Å². The van der Waals surface area contributed by atoms with Crippen molar-refractivity contribution in [2.75, 3.05) is 5.32 Å². The summed E-state index contributed by atoms with van der Waals surface area (Å²) in [5, 5.41) is 19.0. The van der Waals surface area contributed by atoms with Gasteiger partial charge in [-0.3, -0.25) is 14.9 Å². The Labute approximate surface area is 182 Å². The van der Waals surface area contributed by atoms with Crippen molar-refractivity contribution in [1.29, 1.82) is 0 Å². The molecule has 1 aromatic heterocycles. The number of rotatable bonds is 5. The number of benzene rings is 3. The molecule has 3 N–H and O–H groups in total. The molecule has 158 valence electrons.